The number of hydrogen-bond donors (Lipinski definition) is 1. The van der Waals surface area contributed by atoms with Crippen LogP contribution in [0.15, 0.2) is 29.2 Å². The smallest absolute Gasteiger partial charge is 0.332 e. The van der Waals surface area contributed by atoms with E-state index in [1.165, 1.54) is 16.7 Å². The van der Waals surface area contributed by atoms with Crippen LogP contribution in [0.3, 0.4) is 0 Å². The van der Waals surface area contributed by atoms with Gasteiger partial charge < -0.3 is 10.0 Å². The molecule has 2 rings (SSSR count). The monoisotopic (exact) mass is 378 g/mol. The fourth-order valence-corrected chi connectivity index (χ4v) is 3.54. The quantitative estimate of drug-likeness (QED) is 0.551. The first kappa shape index (κ1) is 20.3. The van der Waals surface area contributed by atoms with E-state index < -0.39 is 23.9 Å². The molecule has 1 heterocycles. The van der Waals surface area contributed by atoms with Crippen LogP contribution in [0.1, 0.15) is 33.6 Å². The van der Waals surface area contributed by atoms with Gasteiger partial charge in [0, 0.05) is 11.4 Å². The standard InChI is InChI=1S/C19H26N2O4S/c1-5-12(2)13(3)11-20-16(10-17(22)23)18(24)21(19(20)25)14-7-6-8-15(9-14)26-4/h6-9,12-13,16H,5,10-11H2,1-4H3,(H,22,23)/t12?,13?,16-/m0/s1. The molecule has 1 aliphatic heterocycles. The molecule has 0 aliphatic carbocycles. The first-order valence-electron chi connectivity index (χ1n) is 8.80. The molecule has 1 aromatic rings. The summed E-state index contributed by atoms with van der Waals surface area (Å²) in [5, 5.41) is 9.21. The molecule has 7 heteroatoms. The predicted molar refractivity (Wildman–Crippen MR) is 102 cm³/mol. The van der Waals surface area contributed by atoms with Crippen LogP contribution in [0.5, 0.6) is 0 Å². The zero-order valence-electron chi connectivity index (χ0n) is 15.6. The van der Waals surface area contributed by atoms with E-state index >= 15 is 0 Å². The summed E-state index contributed by atoms with van der Waals surface area (Å²) >= 11 is 1.52. The number of rotatable bonds is 8. The Morgan fingerprint density at radius 1 is 1.27 bits per heavy atom. The molecule has 2 unspecified atom stereocenters. The molecule has 1 aliphatic rings. The highest BCUT2D eigenvalue weighted by atomic mass is 32.2. The van der Waals surface area contributed by atoms with Crippen molar-refractivity contribution in [3.05, 3.63) is 24.3 Å². The van der Waals surface area contributed by atoms with Crippen LogP contribution < -0.4 is 4.90 Å². The summed E-state index contributed by atoms with van der Waals surface area (Å²) in [6.45, 7) is 6.57. The van der Waals surface area contributed by atoms with Crippen LogP contribution in [-0.2, 0) is 9.59 Å². The zero-order valence-corrected chi connectivity index (χ0v) is 16.5. The average Bonchev–Trinajstić information content (AvgIpc) is 2.84. The Kier molecular flexibility index (Phi) is 6.69. The summed E-state index contributed by atoms with van der Waals surface area (Å²) in [6.07, 6.45) is 2.50. The molecule has 1 aromatic carbocycles. The maximum Gasteiger partial charge on any atom is 0.332 e. The number of carbonyl (C=O) groups excluding carboxylic acids is 2. The number of urea groups is 1. The lowest BCUT2D eigenvalue weighted by Gasteiger charge is -2.27. The molecule has 142 valence electrons. The van der Waals surface area contributed by atoms with Crippen molar-refractivity contribution in [2.45, 2.75) is 44.6 Å². The Balaban J connectivity index is 2.35. The number of amides is 3. The Morgan fingerprint density at radius 2 is 1.96 bits per heavy atom. The number of carboxylic acid groups (broad SMARTS) is 1. The summed E-state index contributed by atoms with van der Waals surface area (Å²) in [5.74, 6) is -1.01. The van der Waals surface area contributed by atoms with Crippen LogP contribution in [0.2, 0.25) is 0 Å². The van der Waals surface area contributed by atoms with Gasteiger partial charge in [0.15, 0.2) is 0 Å². The highest BCUT2D eigenvalue weighted by Crippen LogP contribution is 2.31. The third-order valence-corrected chi connectivity index (χ3v) is 5.82. The molecule has 3 atom stereocenters. The summed E-state index contributed by atoms with van der Waals surface area (Å²) < 4.78 is 0. The largest absolute Gasteiger partial charge is 0.481 e. The maximum absolute atomic E-state index is 13.0. The summed E-state index contributed by atoms with van der Waals surface area (Å²) in [6, 6.07) is 5.78. The Labute approximate surface area is 158 Å². The summed E-state index contributed by atoms with van der Waals surface area (Å²) in [5.41, 5.74) is 0.487. The molecular formula is C19H26N2O4S. The second-order valence-corrected chi connectivity index (χ2v) is 7.67. The minimum absolute atomic E-state index is 0.172. The normalized spacial score (nSPS) is 19.8. The number of aliphatic carboxylic acids is 1. The minimum Gasteiger partial charge on any atom is -0.481 e. The van der Waals surface area contributed by atoms with E-state index in [4.69, 9.17) is 0 Å². The molecule has 0 saturated carbocycles. The van der Waals surface area contributed by atoms with Crippen molar-refractivity contribution in [1.82, 2.24) is 4.90 Å². The van der Waals surface area contributed by atoms with Gasteiger partial charge in [0.1, 0.15) is 6.04 Å². The molecule has 0 bridgehead atoms. The van der Waals surface area contributed by atoms with Crippen molar-refractivity contribution in [1.29, 1.82) is 0 Å². The van der Waals surface area contributed by atoms with Gasteiger partial charge in [-0.05, 0) is 36.3 Å². The molecular weight excluding hydrogens is 352 g/mol. The Hall–Kier alpha value is -2.02. The van der Waals surface area contributed by atoms with Gasteiger partial charge in [-0.3, -0.25) is 9.59 Å². The number of hydrogen-bond acceptors (Lipinski definition) is 4. The van der Waals surface area contributed by atoms with Crippen LogP contribution >= 0.6 is 11.8 Å². The molecule has 1 N–H and O–H groups in total. The molecule has 1 saturated heterocycles. The van der Waals surface area contributed by atoms with E-state index in [0.29, 0.717) is 18.2 Å². The van der Waals surface area contributed by atoms with Gasteiger partial charge in [-0.25, -0.2) is 9.69 Å². The number of benzene rings is 1. The highest BCUT2D eigenvalue weighted by Gasteiger charge is 2.47. The van der Waals surface area contributed by atoms with E-state index in [0.717, 1.165) is 16.2 Å². The SMILES string of the molecule is CCC(C)C(C)CN1C(=O)N(c2cccc(SC)c2)C(=O)[C@@H]1CC(=O)O. The maximum atomic E-state index is 13.0. The lowest BCUT2D eigenvalue weighted by atomic mass is 9.93. The lowest BCUT2D eigenvalue weighted by molar-refractivity contribution is -0.140. The van der Waals surface area contributed by atoms with Gasteiger partial charge in [0.25, 0.3) is 5.91 Å². The topological polar surface area (TPSA) is 77.9 Å². The first-order valence-corrected chi connectivity index (χ1v) is 10.0. The number of carboxylic acids is 1. The van der Waals surface area contributed by atoms with E-state index in [2.05, 4.69) is 13.8 Å². The van der Waals surface area contributed by atoms with E-state index in [1.807, 2.05) is 19.2 Å². The fraction of sp³-hybridized carbons (Fsp3) is 0.526. The van der Waals surface area contributed by atoms with Crippen LogP contribution in [0.4, 0.5) is 10.5 Å². The molecule has 3 amide bonds. The molecule has 26 heavy (non-hydrogen) atoms. The van der Waals surface area contributed by atoms with Gasteiger partial charge in [0.2, 0.25) is 0 Å². The van der Waals surface area contributed by atoms with Crippen LogP contribution in [0, 0.1) is 11.8 Å². The number of carbonyl (C=O) groups is 3. The molecule has 0 aromatic heterocycles. The molecule has 0 spiro atoms. The second-order valence-electron chi connectivity index (χ2n) is 6.79. The Morgan fingerprint density at radius 3 is 2.54 bits per heavy atom. The van der Waals surface area contributed by atoms with Crippen LogP contribution in [0.25, 0.3) is 0 Å². The van der Waals surface area contributed by atoms with Gasteiger partial charge >= 0.3 is 12.0 Å². The molecule has 1 fully saturated rings. The number of imide groups is 1. The lowest BCUT2D eigenvalue weighted by Crippen LogP contribution is -2.40. The van der Waals surface area contributed by atoms with Gasteiger partial charge in [-0.15, -0.1) is 11.8 Å². The van der Waals surface area contributed by atoms with Crippen molar-refractivity contribution in [3.8, 4) is 0 Å². The summed E-state index contributed by atoms with van der Waals surface area (Å²) in [4.78, 5) is 40.6. The van der Waals surface area contributed by atoms with Crippen LogP contribution in [-0.4, -0.2) is 46.8 Å². The van der Waals surface area contributed by atoms with E-state index in [1.54, 1.807) is 18.2 Å². The second kappa shape index (κ2) is 8.58. The van der Waals surface area contributed by atoms with Crippen molar-refractivity contribution in [2.24, 2.45) is 11.8 Å². The van der Waals surface area contributed by atoms with Crippen molar-refractivity contribution < 1.29 is 19.5 Å². The number of thioether (sulfide) groups is 1. The van der Waals surface area contributed by atoms with Crippen molar-refractivity contribution in [3.63, 3.8) is 0 Å². The van der Waals surface area contributed by atoms with Gasteiger partial charge in [0.05, 0.1) is 12.1 Å². The minimum atomic E-state index is -1.09. The predicted octanol–water partition coefficient (Wildman–Crippen LogP) is 3.70. The molecule has 0 radical (unpaired) electrons. The Bertz CT molecular complexity index is 694. The highest BCUT2D eigenvalue weighted by molar-refractivity contribution is 7.98. The summed E-state index contributed by atoms with van der Waals surface area (Å²) in [7, 11) is 0. The van der Waals surface area contributed by atoms with Crippen molar-refractivity contribution >= 4 is 35.4 Å². The van der Waals surface area contributed by atoms with Crippen molar-refractivity contribution in [2.75, 3.05) is 17.7 Å². The third kappa shape index (κ3) is 4.20. The third-order valence-electron chi connectivity index (χ3n) is 5.10. The molecule has 6 nitrogen and oxygen atoms in total. The average molecular weight is 378 g/mol. The number of nitrogens with zero attached hydrogens (tertiary/aromatic N) is 2. The fourth-order valence-electron chi connectivity index (χ4n) is 3.09. The van der Waals surface area contributed by atoms with Gasteiger partial charge in [-0.1, -0.05) is 33.3 Å². The first-order chi connectivity index (χ1) is 12.3. The van der Waals surface area contributed by atoms with Gasteiger partial charge in [-0.2, -0.15) is 0 Å². The number of anilines is 1. The van der Waals surface area contributed by atoms with E-state index in [9.17, 15) is 19.5 Å². The van der Waals surface area contributed by atoms with E-state index in [-0.39, 0.29) is 12.3 Å². The zero-order chi connectivity index (χ0) is 19.4.